The predicted octanol–water partition coefficient (Wildman–Crippen LogP) is 1.33. The molecule has 6 heteroatoms. The van der Waals surface area contributed by atoms with Crippen molar-refractivity contribution in [1.29, 1.82) is 0 Å². The molecule has 1 aliphatic heterocycles. The van der Waals surface area contributed by atoms with E-state index in [1.54, 1.807) is 16.7 Å². The maximum absolute atomic E-state index is 12.1. The summed E-state index contributed by atoms with van der Waals surface area (Å²) in [4.78, 5) is 4.01. The molecule has 1 fully saturated rings. The van der Waals surface area contributed by atoms with Crippen molar-refractivity contribution in [1.82, 2.24) is 14.0 Å². The predicted molar refractivity (Wildman–Crippen MR) is 74.9 cm³/mol. The van der Waals surface area contributed by atoms with Crippen molar-refractivity contribution >= 4 is 10.2 Å². The van der Waals surface area contributed by atoms with Gasteiger partial charge in [0, 0.05) is 32.0 Å². The Labute approximate surface area is 115 Å². The van der Waals surface area contributed by atoms with Crippen LogP contribution in [-0.2, 0) is 16.6 Å². The van der Waals surface area contributed by atoms with Crippen LogP contribution in [0.4, 0.5) is 0 Å². The van der Waals surface area contributed by atoms with E-state index in [1.165, 1.54) is 0 Å². The quantitative estimate of drug-likeness (QED) is 0.887. The number of pyridine rings is 1. The first-order valence-electron chi connectivity index (χ1n) is 6.82. The highest BCUT2D eigenvalue weighted by atomic mass is 32.2. The Morgan fingerprint density at radius 2 is 1.95 bits per heavy atom. The van der Waals surface area contributed by atoms with E-state index in [0.717, 1.165) is 31.2 Å². The zero-order valence-corrected chi connectivity index (χ0v) is 11.9. The van der Waals surface area contributed by atoms with Gasteiger partial charge in [0.25, 0.3) is 10.2 Å². The molecule has 5 nitrogen and oxygen atoms in total. The van der Waals surface area contributed by atoms with E-state index in [1.807, 2.05) is 12.1 Å². The lowest BCUT2D eigenvalue weighted by atomic mass is 10.2. The molecular formula is C13H21N3O2S. The Morgan fingerprint density at radius 1 is 1.21 bits per heavy atom. The van der Waals surface area contributed by atoms with Crippen LogP contribution in [0.25, 0.3) is 0 Å². The SMILES string of the molecule is O=S(=O)(NCCc1cccnc1)N1CCCCCC1. The van der Waals surface area contributed by atoms with Crippen LogP contribution < -0.4 is 4.72 Å². The van der Waals surface area contributed by atoms with Crippen molar-refractivity contribution in [2.24, 2.45) is 0 Å². The van der Waals surface area contributed by atoms with Crippen LogP contribution in [0, 0.1) is 0 Å². The van der Waals surface area contributed by atoms with Gasteiger partial charge in [-0.1, -0.05) is 18.9 Å². The van der Waals surface area contributed by atoms with Gasteiger partial charge in [0.1, 0.15) is 0 Å². The fourth-order valence-electron chi connectivity index (χ4n) is 2.24. The summed E-state index contributed by atoms with van der Waals surface area (Å²) >= 11 is 0. The molecule has 2 rings (SSSR count). The topological polar surface area (TPSA) is 62.3 Å². The van der Waals surface area contributed by atoms with Gasteiger partial charge in [-0.25, -0.2) is 4.72 Å². The zero-order chi connectivity index (χ0) is 13.6. The van der Waals surface area contributed by atoms with Crippen LogP contribution in [0.1, 0.15) is 31.2 Å². The third-order valence-electron chi connectivity index (χ3n) is 3.33. The number of rotatable bonds is 5. The van der Waals surface area contributed by atoms with E-state index in [9.17, 15) is 8.42 Å². The van der Waals surface area contributed by atoms with E-state index < -0.39 is 10.2 Å². The number of hydrogen-bond acceptors (Lipinski definition) is 3. The maximum atomic E-state index is 12.1. The lowest BCUT2D eigenvalue weighted by Crippen LogP contribution is -2.41. The van der Waals surface area contributed by atoms with Crippen LogP contribution >= 0.6 is 0 Å². The average Bonchev–Trinajstić information content (AvgIpc) is 2.69. The average molecular weight is 283 g/mol. The molecule has 0 radical (unpaired) electrons. The molecule has 0 atom stereocenters. The largest absolute Gasteiger partial charge is 0.279 e. The van der Waals surface area contributed by atoms with Gasteiger partial charge in [-0.2, -0.15) is 12.7 Å². The van der Waals surface area contributed by atoms with Crippen molar-refractivity contribution < 1.29 is 8.42 Å². The first kappa shape index (κ1) is 14.4. The third-order valence-corrected chi connectivity index (χ3v) is 4.94. The van der Waals surface area contributed by atoms with Gasteiger partial charge in [0.15, 0.2) is 0 Å². The summed E-state index contributed by atoms with van der Waals surface area (Å²) in [7, 11) is -3.31. The molecule has 1 aliphatic rings. The highest BCUT2D eigenvalue weighted by molar-refractivity contribution is 7.87. The van der Waals surface area contributed by atoms with Crippen LogP contribution in [0.3, 0.4) is 0 Å². The number of aromatic nitrogens is 1. The summed E-state index contributed by atoms with van der Waals surface area (Å²) < 4.78 is 28.5. The van der Waals surface area contributed by atoms with Gasteiger partial charge in [0.05, 0.1) is 0 Å². The molecule has 106 valence electrons. The Morgan fingerprint density at radius 3 is 2.58 bits per heavy atom. The Bertz CT molecular complexity index is 468. The van der Waals surface area contributed by atoms with Gasteiger partial charge in [0.2, 0.25) is 0 Å². The second kappa shape index (κ2) is 6.98. The van der Waals surface area contributed by atoms with Crippen molar-refractivity contribution in [3.8, 4) is 0 Å². The van der Waals surface area contributed by atoms with E-state index in [2.05, 4.69) is 9.71 Å². The molecule has 1 saturated heterocycles. The molecular weight excluding hydrogens is 262 g/mol. The summed E-state index contributed by atoms with van der Waals surface area (Å²) in [5.74, 6) is 0. The molecule has 1 N–H and O–H groups in total. The third kappa shape index (κ3) is 4.56. The fraction of sp³-hybridized carbons (Fsp3) is 0.615. The second-order valence-electron chi connectivity index (χ2n) is 4.82. The number of nitrogens with zero attached hydrogens (tertiary/aromatic N) is 2. The molecule has 0 unspecified atom stereocenters. The monoisotopic (exact) mass is 283 g/mol. The van der Waals surface area contributed by atoms with E-state index in [4.69, 9.17) is 0 Å². The zero-order valence-electron chi connectivity index (χ0n) is 11.1. The highest BCUT2D eigenvalue weighted by Gasteiger charge is 2.21. The van der Waals surface area contributed by atoms with Crippen LogP contribution in [0.5, 0.6) is 0 Å². The van der Waals surface area contributed by atoms with Crippen LogP contribution in [-0.4, -0.2) is 37.3 Å². The molecule has 0 aromatic carbocycles. The number of nitrogens with one attached hydrogen (secondary N) is 1. The van der Waals surface area contributed by atoms with Gasteiger partial charge in [-0.3, -0.25) is 4.98 Å². The van der Waals surface area contributed by atoms with E-state index >= 15 is 0 Å². The van der Waals surface area contributed by atoms with Crippen molar-refractivity contribution in [3.63, 3.8) is 0 Å². The molecule has 0 bridgehead atoms. The smallest absolute Gasteiger partial charge is 0.264 e. The lowest BCUT2D eigenvalue weighted by molar-refractivity contribution is 0.415. The standard InChI is InChI=1S/C13H21N3O2S/c17-19(18,16-10-3-1-2-4-11-16)15-9-7-13-6-5-8-14-12-13/h5-6,8,12,15H,1-4,7,9-11H2. The van der Waals surface area contributed by atoms with Gasteiger partial charge < -0.3 is 0 Å². The molecule has 0 aliphatic carbocycles. The van der Waals surface area contributed by atoms with Crippen molar-refractivity contribution in [2.45, 2.75) is 32.1 Å². The van der Waals surface area contributed by atoms with E-state index in [-0.39, 0.29) is 0 Å². The van der Waals surface area contributed by atoms with Gasteiger partial charge in [-0.05, 0) is 30.9 Å². The normalized spacial score (nSPS) is 18.1. The molecule has 0 spiro atoms. The minimum atomic E-state index is -3.31. The fourth-order valence-corrected chi connectivity index (χ4v) is 3.53. The van der Waals surface area contributed by atoms with Gasteiger partial charge in [-0.15, -0.1) is 0 Å². The van der Waals surface area contributed by atoms with Gasteiger partial charge >= 0.3 is 0 Å². The Kier molecular flexibility index (Phi) is 5.30. The van der Waals surface area contributed by atoms with Crippen molar-refractivity contribution in [3.05, 3.63) is 30.1 Å². The van der Waals surface area contributed by atoms with Crippen LogP contribution in [0.2, 0.25) is 0 Å². The summed E-state index contributed by atoms with van der Waals surface area (Å²) in [6.07, 6.45) is 8.32. The Balaban J connectivity index is 1.83. The molecule has 19 heavy (non-hydrogen) atoms. The summed E-state index contributed by atoms with van der Waals surface area (Å²) in [6.45, 7) is 1.70. The lowest BCUT2D eigenvalue weighted by Gasteiger charge is -2.20. The van der Waals surface area contributed by atoms with Crippen molar-refractivity contribution in [2.75, 3.05) is 19.6 Å². The summed E-state index contributed by atoms with van der Waals surface area (Å²) in [6, 6.07) is 3.81. The van der Waals surface area contributed by atoms with E-state index in [0.29, 0.717) is 26.1 Å². The Hall–Kier alpha value is -0.980. The first-order valence-corrected chi connectivity index (χ1v) is 8.26. The molecule has 1 aromatic rings. The second-order valence-corrected chi connectivity index (χ2v) is 6.58. The molecule has 0 saturated carbocycles. The summed E-state index contributed by atoms with van der Waals surface area (Å²) in [5, 5.41) is 0. The first-order chi connectivity index (χ1) is 9.18. The maximum Gasteiger partial charge on any atom is 0.279 e. The number of hydrogen-bond donors (Lipinski definition) is 1. The molecule has 2 heterocycles. The highest BCUT2D eigenvalue weighted by Crippen LogP contribution is 2.12. The minimum absolute atomic E-state index is 0.421. The minimum Gasteiger partial charge on any atom is -0.264 e. The molecule has 0 amide bonds. The summed E-state index contributed by atoms with van der Waals surface area (Å²) in [5.41, 5.74) is 1.04. The van der Waals surface area contributed by atoms with Crippen LogP contribution in [0.15, 0.2) is 24.5 Å². The molecule has 1 aromatic heterocycles.